The first-order chi connectivity index (χ1) is 15.0. The number of carbonyl (C=O) groups is 1. The molecule has 2 aliphatic rings. The van der Waals surface area contributed by atoms with Crippen LogP contribution in [0.3, 0.4) is 0 Å². The Morgan fingerprint density at radius 2 is 1.45 bits per heavy atom. The second-order valence-corrected chi connectivity index (χ2v) is 10.00. The van der Waals surface area contributed by atoms with E-state index < -0.39 is 11.6 Å². The average molecular weight is 435 g/mol. The molecule has 0 spiro atoms. The van der Waals surface area contributed by atoms with E-state index in [1.807, 2.05) is 0 Å². The molecule has 1 aromatic carbocycles. The second-order valence-electron chi connectivity index (χ2n) is 10.00. The lowest BCUT2D eigenvalue weighted by atomic mass is 9.68. The van der Waals surface area contributed by atoms with Crippen LogP contribution in [0.5, 0.6) is 5.75 Å². The molecule has 0 amide bonds. The first-order valence-electron chi connectivity index (χ1n) is 12.7. The molecule has 2 fully saturated rings. The van der Waals surface area contributed by atoms with Gasteiger partial charge >= 0.3 is 5.97 Å². The van der Waals surface area contributed by atoms with Crippen LogP contribution in [0.1, 0.15) is 103 Å². The number of esters is 1. The van der Waals surface area contributed by atoms with Gasteiger partial charge in [0.1, 0.15) is 5.75 Å². The van der Waals surface area contributed by atoms with Gasteiger partial charge in [0.15, 0.2) is 11.6 Å². The Hall–Kier alpha value is -1.45. The van der Waals surface area contributed by atoms with Crippen LogP contribution in [0.15, 0.2) is 18.2 Å². The van der Waals surface area contributed by atoms with Crippen LogP contribution in [0.4, 0.5) is 8.78 Å². The van der Waals surface area contributed by atoms with Crippen molar-refractivity contribution < 1.29 is 18.3 Å². The molecule has 0 N–H and O–H groups in total. The van der Waals surface area contributed by atoms with Gasteiger partial charge in [-0.2, -0.15) is 0 Å². The molecule has 0 heterocycles. The van der Waals surface area contributed by atoms with Crippen LogP contribution in [0.25, 0.3) is 0 Å². The van der Waals surface area contributed by atoms with Gasteiger partial charge in [-0.15, -0.1) is 0 Å². The van der Waals surface area contributed by atoms with Crippen molar-refractivity contribution in [1.82, 2.24) is 0 Å². The maximum absolute atomic E-state index is 13.2. The third-order valence-corrected chi connectivity index (χ3v) is 7.79. The fourth-order valence-corrected chi connectivity index (χ4v) is 5.80. The van der Waals surface area contributed by atoms with E-state index in [-0.39, 0.29) is 11.7 Å². The summed E-state index contributed by atoms with van der Waals surface area (Å²) in [6.07, 6.45) is 18.9. The van der Waals surface area contributed by atoms with E-state index in [1.54, 1.807) is 0 Å². The summed E-state index contributed by atoms with van der Waals surface area (Å²) in [5.74, 6) is 1.16. The number of unbranched alkanes of at least 4 members (excludes halogenated alkanes) is 3. The molecule has 4 heteroatoms. The van der Waals surface area contributed by atoms with Crippen molar-refractivity contribution >= 4 is 5.97 Å². The first-order valence-corrected chi connectivity index (χ1v) is 12.7. The molecular weight excluding hydrogens is 394 g/mol. The third-order valence-electron chi connectivity index (χ3n) is 7.79. The summed E-state index contributed by atoms with van der Waals surface area (Å²) in [6, 6.07) is 3.21. The van der Waals surface area contributed by atoms with Crippen LogP contribution in [0.2, 0.25) is 0 Å². The standard InChI is InChI=1S/C27H40F2O2/c1-2-3-4-5-6-20-7-12-22(13-8-20)23-14-9-21(10-15-23)11-18-27(30)31-24-16-17-25(28)26(29)19-24/h16-17,19-23H,2-15,18H2,1H3. The summed E-state index contributed by atoms with van der Waals surface area (Å²) in [6.45, 7) is 2.28. The molecule has 0 aromatic heterocycles. The van der Waals surface area contributed by atoms with Crippen molar-refractivity contribution in [1.29, 1.82) is 0 Å². The number of ether oxygens (including phenoxy) is 1. The number of hydrogen-bond acceptors (Lipinski definition) is 2. The molecule has 0 aliphatic heterocycles. The summed E-state index contributed by atoms with van der Waals surface area (Å²) in [5, 5.41) is 0. The van der Waals surface area contributed by atoms with Crippen molar-refractivity contribution in [2.45, 2.75) is 103 Å². The molecule has 0 bridgehead atoms. The highest BCUT2D eigenvalue weighted by molar-refractivity contribution is 5.72. The molecule has 0 saturated heterocycles. The Morgan fingerprint density at radius 3 is 2.03 bits per heavy atom. The largest absolute Gasteiger partial charge is 0.426 e. The minimum absolute atomic E-state index is 0.0774. The number of benzene rings is 1. The number of hydrogen-bond donors (Lipinski definition) is 0. The number of rotatable bonds is 10. The summed E-state index contributed by atoms with van der Waals surface area (Å²) < 4.78 is 31.4. The van der Waals surface area contributed by atoms with Crippen LogP contribution in [0, 0.1) is 35.3 Å². The number of carbonyl (C=O) groups excluding carboxylic acids is 1. The minimum atomic E-state index is -0.992. The molecule has 0 atom stereocenters. The van der Waals surface area contributed by atoms with Gasteiger partial charge in [-0.1, -0.05) is 64.7 Å². The SMILES string of the molecule is CCCCCCC1CCC(C2CCC(CCC(=O)Oc3ccc(F)c(F)c3)CC2)CC1. The van der Waals surface area contributed by atoms with Crippen molar-refractivity contribution in [3.05, 3.63) is 29.8 Å². The zero-order chi connectivity index (χ0) is 22.1. The quantitative estimate of drug-likeness (QED) is 0.211. The van der Waals surface area contributed by atoms with Crippen LogP contribution in [-0.2, 0) is 4.79 Å². The average Bonchev–Trinajstić information content (AvgIpc) is 2.79. The molecule has 174 valence electrons. The molecule has 1 aromatic rings. The predicted molar refractivity (Wildman–Crippen MR) is 121 cm³/mol. The summed E-state index contributed by atoms with van der Waals surface area (Å²) >= 11 is 0. The van der Waals surface area contributed by atoms with Gasteiger partial charge in [0, 0.05) is 12.5 Å². The van der Waals surface area contributed by atoms with Gasteiger partial charge in [-0.05, 0) is 67.9 Å². The van der Waals surface area contributed by atoms with Gasteiger partial charge in [0.2, 0.25) is 0 Å². The fourth-order valence-electron chi connectivity index (χ4n) is 5.80. The Kier molecular flexibility index (Phi) is 9.80. The molecule has 0 radical (unpaired) electrons. The highest BCUT2D eigenvalue weighted by Gasteiger charge is 2.30. The van der Waals surface area contributed by atoms with Crippen LogP contribution in [-0.4, -0.2) is 5.97 Å². The zero-order valence-electron chi connectivity index (χ0n) is 19.2. The zero-order valence-corrected chi connectivity index (χ0v) is 19.2. The Labute approximate surface area is 187 Å². The van der Waals surface area contributed by atoms with Crippen LogP contribution >= 0.6 is 0 Å². The van der Waals surface area contributed by atoms with E-state index in [4.69, 9.17) is 4.74 Å². The number of halogens is 2. The second kappa shape index (κ2) is 12.6. The monoisotopic (exact) mass is 434 g/mol. The van der Waals surface area contributed by atoms with Crippen molar-refractivity contribution in [2.75, 3.05) is 0 Å². The lowest BCUT2D eigenvalue weighted by Gasteiger charge is -2.38. The van der Waals surface area contributed by atoms with E-state index in [2.05, 4.69) is 6.92 Å². The Balaban J connectivity index is 1.29. The first kappa shape index (κ1) is 24.2. The smallest absolute Gasteiger partial charge is 0.311 e. The van der Waals surface area contributed by atoms with E-state index in [9.17, 15) is 13.6 Å². The van der Waals surface area contributed by atoms with Gasteiger partial charge in [0.05, 0.1) is 0 Å². The van der Waals surface area contributed by atoms with Gasteiger partial charge in [0.25, 0.3) is 0 Å². The molecule has 3 rings (SSSR count). The maximum atomic E-state index is 13.2. The van der Waals surface area contributed by atoms with Crippen LogP contribution < -0.4 is 4.74 Å². The van der Waals surface area contributed by atoms with E-state index in [1.165, 1.54) is 89.5 Å². The molecule has 2 aliphatic carbocycles. The topological polar surface area (TPSA) is 26.3 Å². The van der Waals surface area contributed by atoms with Crippen molar-refractivity contribution in [3.8, 4) is 5.75 Å². The summed E-state index contributed by atoms with van der Waals surface area (Å²) in [4.78, 5) is 12.1. The Bertz CT molecular complexity index is 674. The van der Waals surface area contributed by atoms with Crippen molar-refractivity contribution in [3.63, 3.8) is 0 Å². The molecule has 2 saturated carbocycles. The third kappa shape index (κ3) is 7.88. The highest BCUT2D eigenvalue weighted by Crippen LogP contribution is 2.43. The normalized spacial score (nSPS) is 26.5. The minimum Gasteiger partial charge on any atom is -0.426 e. The van der Waals surface area contributed by atoms with E-state index >= 15 is 0 Å². The maximum Gasteiger partial charge on any atom is 0.311 e. The van der Waals surface area contributed by atoms with Gasteiger partial charge in [-0.3, -0.25) is 4.79 Å². The van der Waals surface area contributed by atoms with Gasteiger partial charge in [-0.25, -0.2) is 8.78 Å². The van der Waals surface area contributed by atoms with E-state index in [0.717, 1.165) is 36.3 Å². The highest BCUT2D eigenvalue weighted by atomic mass is 19.2. The van der Waals surface area contributed by atoms with E-state index in [0.29, 0.717) is 12.3 Å². The fraction of sp³-hybridized carbons (Fsp3) is 0.741. The van der Waals surface area contributed by atoms with Gasteiger partial charge < -0.3 is 4.74 Å². The Morgan fingerprint density at radius 1 is 0.839 bits per heavy atom. The molecule has 31 heavy (non-hydrogen) atoms. The molecular formula is C27H40F2O2. The predicted octanol–water partition coefficient (Wildman–Crippen LogP) is 8.23. The molecule has 0 unspecified atom stereocenters. The molecule has 2 nitrogen and oxygen atoms in total. The van der Waals surface area contributed by atoms with Crippen molar-refractivity contribution in [2.24, 2.45) is 23.7 Å². The lowest BCUT2D eigenvalue weighted by Crippen LogP contribution is -2.26. The summed E-state index contributed by atoms with van der Waals surface area (Å²) in [7, 11) is 0. The lowest BCUT2D eigenvalue weighted by molar-refractivity contribution is -0.134. The summed E-state index contributed by atoms with van der Waals surface area (Å²) in [5.41, 5.74) is 0.